The average Bonchev–Trinajstić information content (AvgIpc) is 2.75. The molecule has 4 rings (SSSR count). The highest BCUT2D eigenvalue weighted by Gasteiger charge is 2.32. The molecular weight excluding hydrogens is 338 g/mol. The van der Waals surface area contributed by atoms with Crippen molar-refractivity contribution in [3.63, 3.8) is 0 Å². The molecule has 0 aliphatic carbocycles. The van der Waals surface area contributed by atoms with Gasteiger partial charge in [-0.2, -0.15) is 0 Å². The molecule has 0 bridgehead atoms. The molecule has 27 heavy (non-hydrogen) atoms. The van der Waals surface area contributed by atoms with E-state index in [0.717, 1.165) is 84.5 Å². The first-order valence-electron chi connectivity index (χ1n) is 10.7. The number of rotatable bonds is 4. The van der Waals surface area contributed by atoms with Crippen LogP contribution in [-0.4, -0.2) is 78.6 Å². The first-order chi connectivity index (χ1) is 13.3. The molecule has 0 saturated carbocycles. The van der Waals surface area contributed by atoms with Gasteiger partial charge in [-0.15, -0.1) is 0 Å². The highest BCUT2D eigenvalue weighted by atomic mass is 16.5. The average molecular weight is 372 g/mol. The van der Waals surface area contributed by atoms with E-state index in [2.05, 4.69) is 45.0 Å². The molecule has 0 N–H and O–H groups in total. The first-order valence-corrected chi connectivity index (χ1v) is 10.7. The minimum atomic E-state index is -0.170. The third-order valence-corrected chi connectivity index (χ3v) is 6.40. The number of benzene rings is 1. The lowest BCUT2D eigenvalue weighted by atomic mass is 10.0. The van der Waals surface area contributed by atoms with E-state index in [9.17, 15) is 4.79 Å². The van der Waals surface area contributed by atoms with Crippen LogP contribution in [0.2, 0.25) is 0 Å². The van der Waals surface area contributed by atoms with E-state index in [1.54, 1.807) is 0 Å². The summed E-state index contributed by atoms with van der Waals surface area (Å²) in [5, 5.41) is 0. The first kappa shape index (κ1) is 18.9. The van der Waals surface area contributed by atoms with E-state index in [0.29, 0.717) is 6.04 Å². The van der Waals surface area contributed by atoms with Crippen LogP contribution >= 0.6 is 0 Å². The van der Waals surface area contributed by atoms with E-state index in [-0.39, 0.29) is 12.0 Å². The second kappa shape index (κ2) is 9.18. The molecule has 0 radical (unpaired) electrons. The molecule has 3 fully saturated rings. The largest absolute Gasteiger partial charge is 0.368 e. The summed E-state index contributed by atoms with van der Waals surface area (Å²) in [5.41, 5.74) is 1.41. The maximum atomic E-state index is 12.6. The fourth-order valence-corrected chi connectivity index (χ4v) is 4.72. The Morgan fingerprint density at radius 3 is 2.33 bits per heavy atom. The van der Waals surface area contributed by atoms with Crippen LogP contribution < -0.4 is 0 Å². The van der Waals surface area contributed by atoms with Gasteiger partial charge in [0.1, 0.15) is 6.10 Å². The van der Waals surface area contributed by atoms with Crippen LogP contribution in [0.25, 0.3) is 0 Å². The summed E-state index contributed by atoms with van der Waals surface area (Å²) >= 11 is 0. The number of hydrogen-bond acceptors (Lipinski definition) is 4. The number of carbonyl (C=O) groups is 1. The molecule has 1 atom stereocenters. The van der Waals surface area contributed by atoms with Crippen LogP contribution in [0.1, 0.15) is 37.7 Å². The Bertz CT molecular complexity index is 587. The van der Waals surface area contributed by atoms with Crippen molar-refractivity contribution >= 4 is 5.91 Å². The molecule has 5 nitrogen and oxygen atoms in total. The topological polar surface area (TPSA) is 36.0 Å². The fraction of sp³-hybridized carbons (Fsp3) is 0.682. The molecule has 3 aliphatic rings. The van der Waals surface area contributed by atoms with Gasteiger partial charge in [-0.3, -0.25) is 14.6 Å². The normalized spacial score (nSPS) is 26.2. The van der Waals surface area contributed by atoms with Crippen molar-refractivity contribution in [3.05, 3.63) is 35.9 Å². The van der Waals surface area contributed by atoms with Gasteiger partial charge in [0.15, 0.2) is 0 Å². The minimum absolute atomic E-state index is 0.170. The molecule has 0 spiro atoms. The summed E-state index contributed by atoms with van der Waals surface area (Å²) in [6.45, 7) is 8.19. The molecule has 1 aromatic carbocycles. The molecule has 148 valence electrons. The van der Waals surface area contributed by atoms with Crippen LogP contribution in [-0.2, 0) is 16.1 Å². The molecule has 0 aromatic heterocycles. The van der Waals surface area contributed by atoms with Crippen LogP contribution in [0.4, 0.5) is 0 Å². The summed E-state index contributed by atoms with van der Waals surface area (Å²) in [5.74, 6) is 0.237. The summed E-state index contributed by atoms with van der Waals surface area (Å²) in [7, 11) is 0. The Labute approximate surface area is 163 Å². The Balaban J connectivity index is 1.20. The molecule has 1 amide bonds. The summed E-state index contributed by atoms with van der Waals surface area (Å²) in [6.07, 6.45) is 5.18. The monoisotopic (exact) mass is 371 g/mol. The quantitative estimate of drug-likeness (QED) is 0.814. The van der Waals surface area contributed by atoms with Gasteiger partial charge in [0.05, 0.1) is 0 Å². The van der Waals surface area contributed by atoms with Gasteiger partial charge in [0.25, 0.3) is 5.91 Å². The van der Waals surface area contributed by atoms with E-state index < -0.39 is 0 Å². The summed E-state index contributed by atoms with van der Waals surface area (Å²) in [4.78, 5) is 19.9. The van der Waals surface area contributed by atoms with Gasteiger partial charge in [0, 0.05) is 58.5 Å². The predicted molar refractivity (Wildman–Crippen MR) is 106 cm³/mol. The molecule has 3 saturated heterocycles. The maximum Gasteiger partial charge on any atom is 0.251 e. The zero-order valence-electron chi connectivity index (χ0n) is 16.4. The van der Waals surface area contributed by atoms with Crippen LogP contribution in [0.3, 0.4) is 0 Å². The Hall–Kier alpha value is -1.43. The molecule has 3 heterocycles. The van der Waals surface area contributed by atoms with Crippen molar-refractivity contribution in [1.82, 2.24) is 14.7 Å². The lowest BCUT2D eigenvalue weighted by Gasteiger charge is -2.43. The Morgan fingerprint density at radius 2 is 1.67 bits per heavy atom. The van der Waals surface area contributed by atoms with Crippen molar-refractivity contribution in [2.75, 3.05) is 45.9 Å². The minimum Gasteiger partial charge on any atom is -0.368 e. The van der Waals surface area contributed by atoms with E-state index in [1.165, 1.54) is 5.56 Å². The van der Waals surface area contributed by atoms with Crippen LogP contribution in [0.5, 0.6) is 0 Å². The zero-order chi connectivity index (χ0) is 18.5. The third kappa shape index (κ3) is 4.89. The van der Waals surface area contributed by atoms with Crippen molar-refractivity contribution in [1.29, 1.82) is 0 Å². The molecule has 0 unspecified atom stereocenters. The smallest absolute Gasteiger partial charge is 0.251 e. The fourth-order valence-electron chi connectivity index (χ4n) is 4.72. The number of likely N-dealkylation sites (tertiary alicyclic amines) is 1. The highest BCUT2D eigenvalue weighted by molar-refractivity contribution is 5.81. The van der Waals surface area contributed by atoms with Gasteiger partial charge >= 0.3 is 0 Å². The number of nitrogens with zero attached hydrogens (tertiary/aromatic N) is 3. The lowest BCUT2D eigenvalue weighted by molar-refractivity contribution is -0.148. The number of piperazine rings is 1. The van der Waals surface area contributed by atoms with Gasteiger partial charge in [0.2, 0.25) is 0 Å². The summed E-state index contributed by atoms with van der Waals surface area (Å²) < 4.78 is 5.69. The highest BCUT2D eigenvalue weighted by Crippen LogP contribution is 2.22. The van der Waals surface area contributed by atoms with Crippen LogP contribution in [0.15, 0.2) is 30.3 Å². The van der Waals surface area contributed by atoms with Gasteiger partial charge in [-0.25, -0.2) is 0 Å². The standard InChI is InChI=1S/C22H33N3O2/c26-22(21-8-4-5-17-27-21)25-11-9-20(10-12-25)24-15-13-23(14-16-24)18-19-6-2-1-3-7-19/h1-3,6-7,20-21H,4-5,8-18H2/t21-/m1/s1. The van der Waals surface area contributed by atoms with E-state index in [1.807, 2.05) is 0 Å². The molecule has 5 heteroatoms. The molecule has 3 aliphatic heterocycles. The van der Waals surface area contributed by atoms with Gasteiger partial charge < -0.3 is 9.64 Å². The number of hydrogen-bond donors (Lipinski definition) is 0. The Morgan fingerprint density at radius 1 is 0.926 bits per heavy atom. The van der Waals surface area contributed by atoms with Gasteiger partial charge in [-0.05, 0) is 37.7 Å². The van der Waals surface area contributed by atoms with Crippen molar-refractivity contribution in [3.8, 4) is 0 Å². The van der Waals surface area contributed by atoms with E-state index >= 15 is 0 Å². The SMILES string of the molecule is O=C([C@H]1CCCCO1)N1CCC(N2CCN(Cc3ccccc3)CC2)CC1. The van der Waals surface area contributed by atoms with Crippen molar-refractivity contribution in [2.45, 2.75) is 50.8 Å². The van der Waals surface area contributed by atoms with Gasteiger partial charge in [-0.1, -0.05) is 30.3 Å². The maximum absolute atomic E-state index is 12.6. The molecular formula is C22H33N3O2. The number of amides is 1. The molecule has 1 aromatic rings. The second-order valence-corrected chi connectivity index (χ2v) is 8.21. The predicted octanol–water partition coefficient (Wildman–Crippen LogP) is 2.36. The van der Waals surface area contributed by atoms with Crippen LogP contribution in [0, 0.1) is 0 Å². The number of piperidine rings is 1. The summed E-state index contributed by atoms with van der Waals surface area (Å²) in [6, 6.07) is 11.4. The zero-order valence-corrected chi connectivity index (χ0v) is 16.4. The number of carbonyl (C=O) groups excluding carboxylic acids is 1. The Kier molecular flexibility index (Phi) is 6.43. The third-order valence-electron chi connectivity index (χ3n) is 6.40. The lowest BCUT2D eigenvalue weighted by Crippen LogP contribution is -2.54. The van der Waals surface area contributed by atoms with Crippen molar-refractivity contribution < 1.29 is 9.53 Å². The van der Waals surface area contributed by atoms with Crippen molar-refractivity contribution in [2.24, 2.45) is 0 Å². The van der Waals surface area contributed by atoms with E-state index in [4.69, 9.17) is 4.74 Å². The second-order valence-electron chi connectivity index (χ2n) is 8.21. The number of ether oxygens (including phenoxy) is 1.